The van der Waals surface area contributed by atoms with E-state index in [2.05, 4.69) is 15.5 Å². The van der Waals surface area contributed by atoms with Crippen LogP contribution in [0.2, 0.25) is 0 Å². The molecule has 3 aromatic rings. The van der Waals surface area contributed by atoms with Crippen molar-refractivity contribution in [2.45, 2.75) is 30.4 Å². The van der Waals surface area contributed by atoms with Gasteiger partial charge in [-0.15, -0.1) is 5.10 Å². The van der Waals surface area contributed by atoms with Gasteiger partial charge in [0, 0.05) is 0 Å². The maximum atomic E-state index is 12.2. The fraction of sp³-hybridized carbons (Fsp3) is 0.286. The second-order valence-electron chi connectivity index (χ2n) is 6.90. The Morgan fingerprint density at radius 1 is 1.06 bits per heavy atom. The van der Waals surface area contributed by atoms with E-state index in [0.717, 1.165) is 5.56 Å². The van der Waals surface area contributed by atoms with E-state index in [1.54, 1.807) is 62.4 Å². The van der Waals surface area contributed by atoms with Crippen molar-refractivity contribution < 1.29 is 27.1 Å². The maximum Gasteiger partial charge on any atom is 0.322 e. The van der Waals surface area contributed by atoms with Crippen LogP contribution in [-0.4, -0.2) is 43.5 Å². The number of carbonyl (C=O) groups is 1. The van der Waals surface area contributed by atoms with Crippen LogP contribution < -0.4 is 14.8 Å². The Hall–Kier alpha value is -3.40. The Morgan fingerprint density at radius 3 is 2.39 bits per heavy atom. The van der Waals surface area contributed by atoms with Crippen LogP contribution in [0, 0.1) is 0 Å². The van der Waals surface area contributed by atoms with Gasteiger partial charge in [-0.05, 0) is 43.7 Å². The normalized spacial score (nSPS) is 11.4. The average molecular weight is 445 g/mol. The van der Waals surface area contributed by atoms with Crippen LogP contribution in [0.5, 0.6) is 11.5 Å². The Labute approximate surface area is 180 Å². The Bertz CT molecular complexity index is 1140. The minimum Gasteiger partial charge on any atom is -0.493 e. The molecule has 164 valence electrons. The van der Waals surface area contributed by atoms with Crippen LogP contribution in [0.1, 0.15) is 25.3 Å². The van der Waals surface area contributed by atoms with Crippen LogP contribution in [0.3, 0.4) is 0 Å². The van der Waals surface area contributed by atoms with Crippen LogP contribution >= 0.6 is 0 Å². The highest BCUT2D eigenvalue weighted by molar-refractivity contribution is 7.92. The number of methoxy groups -OCH3 is 1. The highest BCUT2D eigenvalue weighted by Crippen LogP contribution is 2.25. The number of benzene rings is 2. The lowest BCUT2D eigenvalue weighted by Gasteiger charge is -2.09. The van der Waals surface area contributed by atoms with Gasteiger partial charge in [0.1, 0.15) is 0 Å². The third kappa shape index (κ3) is 5.60. The molecule has 0 aliphatic carbocycles. The predicted molar refractivity (Wildman–Crippen MR) is 113 cm³/mol. The van der Waals surface area contributed by atoms with Gasteiger partial charge in [-0.25, -0.2) is 8.42 Å². The summed E-state index contributed by atoms with van der Waals surface area (Å²) in [5, 5.41) is 9.68. The number of hydrogen-bond donors (Lipinski definition) is 1. The van der Waals surface area contributed by atoms with Crippen LogP contribution in [-0.2, 0) is 21.1 Å². The van der Waals surface area contributed by atoms with Gasteiger partial charge in [-0.1, -0.05) is 29.4 Å². The molecule has 31 heavy (non-hydrogen) atoms. The molecule has 1 N–H and O–H groups in total. The summed E-state index contributed by atoms with van der Waals surface area (Å²) in [7, 11) is -1.81. The first kappa shape index (κ1) is 22.3. The SMILES string of the molecule is COc1ccccc1OCC(=O)Nc1nnc(Cc2ccc(S(=O)(=O)C(C)C)cc2)o1. The predicted octanol–water partition coefficient (Wildman–Crippen LogP) is 2.87. The minimum absolute atomic E-state index is 0.0531. The number of anilines is 1. The van der Waals surface area contributed by atoms with Gasteiger partial charge in [0.05, 0.1) is 23.7 Å². The van der Waals surface area contributed by atoms with Gasteiger partial charge in [0.2, 0.25) is 5.89 Å². The van der Waals surface area contributed by atoms with Crippen molar-refractivity contribution in [2.24, 2.45) is 0 Å². The van der Waals surface area contributed by atoms with E-state index in [9.17, 15) is 13.2 Å². The smallest absolute Gasteiger partial charge is 0.322 e. The molecule has 0 bridgehead atoms. The lowest BCUT2D eigenvalue weighted by atomic mass is 10.1. The number of rotatable bonds is 9. The van der Waals surface area contributed by atoms with Gasteiger partial charge in [-0.3, -0.25) is 10.1 Å². The quantitative estimate of drug-likeness (QED) is 0.534. The molecule has 1 heterocycles. The molecular weight excluding hydrogens is 422 g/mol. The largest absolute Gasteiger partial charge is 0.493 e. The Kier molecular flexibility index (Phi) is 6.91. The summed E-state index contributed by atoms with van der Waals surface area (Å²) < 4.78 is 40.4. The molecule has 9 nitrogen and oxygen atoms in total. The van der Waals surface area contributed by atoms with E-state index in [4.69, 9.17) is 13.9 Å². The van der Waals surface area contributed by atoms with E-state index < -0.39 is 21.0 Å². The van der Waals surface area contributed by atoms with Crippen molar-refractivity contribution in [3.8, 4) is 11.5 Å². The van der Waals surface area contributed by atoms with Crippen molar-refractivity contribution >= 4 is 21.8 Å². The molecular formula is C21H23N3O6S. The Balaban J connectivity index is 1.56. The molecule has 0 aliphatic rings. The molecule has 3 rings (SSSR count). The zero-order valence-electron chi connectivity index (χ0n) is 17.4. The monoisotopic (exact) mass is 445 g/mol. The van der Waals surface area contributed by atoms with Crippen molar-refractivity contribution in [3.05, 3.63) is 60.0 Å². The number of hydrogen-bond acceptors (Lipinski definition) is 8. The summed E-state index contributed by atoms with van der Waals surface area (Å²) in [5.41, 5.74) is 0.795. The fourth-order valence-corrected chi connectivity index (χ4v) is 3.72. The number of carbonyl (C=O) groups excluding carboxylic acids is 1. The molecule has 0 unspecified atom stereocenters. The zero-order valence-corrected chi connectivity index (χ0v) is 18.2. The highest BCUT2D eigenvalue weighted by atomic mass is 32.2. The van der Waals surface area contributed by atoms with E-state index in [-0.39, 0.29) is 23.4 Å². The van der Waals surface area contributed by atoms with E-state index in [1.165, 1.54) is 7.11 Å². The maximum absolute atomic E-state index is 12.2. The molecule has 2 aromatic carbocycles. The zero-order chi connectivity index (χ0) is 22.4. The lowest BCUT2D eigenvalue weighted by molar-refractivity contribution is -0.118. The molecule has 0 saturated heterocycles. The molecule has 0 radical (unpaired) electrons. The number of aromatic nitrogens is 2. The van der Waals surface area contributed by atoms with Gasteiger partial charge < -0.3 is 13.9 Å². The third-order valence-electron chi connectivity index (χ3n) is 4.37. The van der Waals surface area contributed by atoms with Crippen molar-refractivity contribution in [2.75, 3.05) is 19.0 Å². The van der Waals surface area contributed by atoms with Crippen LogP contribution in [0.4, 0.5) is 6.01 Å². The van der Waals surface area contributed by atoms with E-state index in [0.29, 0.717) is 17.9 Å². The van der Waals surface area contributed by atoms with Crippen LogP contribution in [0.25, 0.3) is 0 Å². The number of nitrogens with one attached hydrogen (secondary N) is 1. The van der Waals surface area contributed by atoms with Crippen molar-refractivity contribution in [3.63, 3.8) is 0 Å². The fourth-order valence-electron chi connectivity index (χ4n) is 2.66. The van der Waals surface area contributed by atoms with Gasteiger partial charge in [0.15, 0.2) is 27.9 Å². The summed E-state index contributed by atoms with van der Waals surface area (Å²) in [4.78, 5) is 12.3. The Morgan fingerprint density at radius 2 is 1.74 bits per heavy atom. The number of ether oxygens (including phenoxy) is 2. The number of sulfone groups is 1. The molecule has 10 heteroatoms. The summed E-state index contributed by atoms with van der Waals surface area (Å²) in [6.07, 6.45) is 0.294. The average Bonchev–Trinajstić information content (AvgIpc) is 3.19. The molecule has 1 amide bonds. The third-order valence-corrected chi connectivity index (χ3v) is 6.54. The molecule has 0 saturated carbocycles. The molecule has 1 aromatic heterocycles. The first-order valence-corrected chi connectivity index (χ1v) is 11.0. The van der Waals surface area contributed by atoms with Crippen LogP contribution in [0.15, 0.2) is 57.8 Å². The van der Waals surface area contributed by atoms with E-state index >= 15 is 0 Å². The summed E-state index contributed by atoms with van der Waals surface area (Å²) >= 11 is 0. The topological polar surface area (TPSA) is 121 Å². The standard InChI is InChI=1S/C21H23N3O6S/c1-14(2)31(26,27)16-10-8-15(9-11-16)12-20-23-24-21(30-20)22-19(25)13-29-18-7-5-4-6-17(18)28-3/h4-11,14H,12-13H2,1-3H3,(H,22,24,25). The van der Waals surface area contributed by atoms with Gasteiger partial charge in [0.25, 0.3) is 5.91 Å². The highest BCUT2D eigenvalue weighted by Gasteiger charge is 2.19. The second-order valence-corrected chi connectivity index (χ2v) is 9.41. The minimum atomic E-state index is -3.32. The first-order valence-electron chi connectivity index (χ1n) is 9.50. The van der Waals surface area contributed by atoms with Gasteiger partial charge >= 0.3 is 6.01 Å². The molecule has 0 spiro atoms. The number of nitrogens with zero attached hydrogens (tertiary/aromatic N) is 2. The molecule has 0 atom stereocenters. The summed E-state index contributed by atoms with van der Waals surface area (Å²) in [6.45, 7) is 3.02. The number of para-hydroxylation sites is 2. The lowest BCUT2D eigenvalue weighted by Crippen LogP contribution is -2.20. The summed E-state index contributed by atoms with van der Waals surface area (Å²) in [6, 6.07) is 13.4. The number of amides is 1. The van der Waals surface area contributed by atoms with Gasteiger partial charge in [-0.2, -0.15) is 0 Å². The molecule has 0 aliphatic heterocycles. The van der Waals surface area contributed by atoms with Crippen molar-refractivity contribution in [1.82, 2.24) is 10.2 Å². The summed E-state index contributed by atoms with van der Waals surface area (Å²) in [5.74, 6) is 0.765. The first-order chi connectivity index (χ1) is 14.8. The molecule has 0 fully saturated rings. The van der Waals surface area contributed by atoms with E-state index in [1.807, 2.05) is 0 Å². The van der Waals surface area contributed by atoms with Crippen molar-refractivity contribution in [1.29, 1.82) is 0 Å². The second kappa shape index (κ2) is 9.61.